The lowest BCUT2D eigenvalue weighted by Gasteiger charge is -2.16. The summed E-state index contributed by atoms with van der Waals surface area (Å²) in [6, 6.07) is 2.59. The molecule has 6 heteroatoms. The Kier molecular flexibility index (Phi) is 5.27. The molecule has 1 aromatic carbocycles. The molecular formula is C12H18FN3OS. The Morgan fingerprint density at radius 2 is 2.22 bits per heavy atom. The van der Waals surface area contributed by atoms with E-state index in [0.717, 1.165) is 18.2 Å². The van der Waals surface area contributed by atoms with Gasteiger partial charge in [-0.25, -0.2) is 4.39 Å². The fourth-order valence-corrected chi connectivity index (χ4v) is 2.13. The molecule has 4 nitrogen and oxygen atoms in total. The van der Waals surface area contributed by atoms with Crippen molar-refractivity contribution in [1.29, 1.82) is 0 Å². The van der Waals surface area contributed by atoms with Crippen molar-refractivity contribution in [3.05, 3.63) is 23.5 Å². The molecule has 0 heterocycles. The van der Waals surface area contributed by atoms with E-state index >= 15 is 0 Å². The Balaban J connectivity index is 2.88. The van der Waals surface area contributed by atoms with E-state index in [1.807, 2.05) is 13.2 Å². The molecule has 0 radical (unpaired) electrons. The summed E-state index contributed by atoms with van der Waals surface area (Å²) in [5.74, 6) is -0.159. The second kappa shape index (κ2) is 6.49. The van der Waals surface area contributed by atoms with Crippen molar-refractivity contribution >= 4 is 29.0 Å². The fourth-order valence-electron chi connectivity index (χ4n) is 1.54. The van der Waals surface area contributed by atoms with Crippen LogP contribution in [-0.2, 0) is 0 Å². The number of hydrogen-bond acceptors (Lipinski definition) is 4. The number of carbonyl (C=O) groups excluding carboxylic acids is 1. The van der Waals surface area contributed by atoms with Gasteiger partial charge >= 0.3 is 0 Å². The molecule has 0 aromatic heterocycles. The number of thioether (sulfide) groups is 1. The SMILES string of the molecule is CSCCC(C)Nc1cc(C(N)=O)c(N)cc1F. The largest absolute Gasteiger partial charge is 0.398 e. The van der Waals surface area contributed by atoms with E-state index in [-0.39, 0.29) is 23.0 Å². The number of nitrogen functional groups attached to an aromatic ring is 1. The van der Waals surface area contributed by atoms with Crippen LogP contribution in [0, 0.1) is 5.82 Å². The van der Waals surface area contributed by atoms with E-state index < -0.39 is 11.7 Å². The fraction of sp³-hybridized carbons (Fsp3) is 0.417. The van der Waals surface area contributed by atoms with Gasteiger partial charge in [0.15, 0.2) is 0 Å². The van der Waals surface area contributed by atoms with Gasteiger partial charge in [-0.05, 0) is 37.5 Å². The summed E-state index contributed by atoms with van der Waals surface area (Å²) in [5, 5.41) is 3.02. The molecule has 0 bridgehead atoms. The maximum Gasteiger partial charge on any atom is 0.250 e. The lowest BCUT2D eigenvalue weighted by atomic mass is 10.1. The number of nitrogens with one attached hydrogen (secondary N) is 1. The number of halogens is 1. The van der Waals surface area contributed by atoms with E-state index in [0.29, 0.717) is 0 Å². The summed E-state index contributed by atoms with van der Waals surface area (Å²) in [5.41, 5.74) is 11.2. The molecule has 1 aromatic rings. The van der Waals surface area contributed by atoms with Gasteiger partial charge in [-0.3, -0.25) is 4.79 Å². The van der Waals surface area contributed by atoms with Crippen LogP contribution >= 0.6 is 11.8 Å². The molecule has 5 N–H and O–H groups in total. The molecule has 100 valence electrons. The molecular weight excluding hydrogens is 253 g/mol. The van der Waals surface area contributed by atoms with Crippen molar-refractivity contribution < 1.29 is 9.18 Å². The van der Waals surface area contributed by atoms with Crippen molar-refractivity contribution in [1.82, 2.24) is 0 Å². The minimum Gasteiger partial charge on any atom is -0.398 e. The first-order chi connectivity index (χ1) is 8.45. The summed E-state index contributed by atoms with van der Waals surface area (Å²) >= 11 is 1.73. The van der Waals surface area contributed by atoms with Gasteiger partial charge in [0, 0.05) is 11.7 Å². The Morgan fingerprint density at radius 3 is 2.78 bits per heavy atom. The van der Waals surface area contributed by atoms with Crippen LogP contribution < -0.4 is 16.8 Å². The number of amides is 1. The van der Waals surface area contributed by atoms with Crippen molar-refractivity contribution in [2.75, 3.05) is 23.1 Å². The molecule has 18 heavy (non-hydrogen) atoms. The van der Waals surface area contributed by atoms with E-state index in [4.69, 9.17) is 11.5 Å². The zero-order valence-corrected chi connectivity index (χ0v) is 11.3. The van der Waals surface area contributed by atoms with Gasteiger partial charge < -0.3 is 16.8 Å². The number of nitrogens with two attached hydrogens (primary N) is 2. The van der Waals surface area contributed by atoms with Crippen LogP contribution in [0.1, 0.15) is 23.7 Å². The average Bonchev–Trinajstić information content (AvgIpc) is 2.29. The monoisotopic (exact) mass is 271 g/mol. The summed E-state index contributed by atoms with van der Waals surface area (Å²) in [4.78, 5) is 11.1. The Hall–Kier alpha value is -1.43. The third kappa shape index (κ3) is 3.80. The number of primary amides is 1. The van der Waals surface area contributed by atoms with E-state index in [2.05, 4.69) is 5.32 Å². The van der Waals surface area contributed by atoms with Gasteiger partial charge in [-0.1, -0.05) is 0 Å². The Bertz CT molecular complexity index is 440. The number of rotatable bonds is 6. The third-order valence-electron chi connectivity index (χ3n) is 2.56. The first kappa shape index (κ1) is 14.6. The van der Waals surface area contributed by atoms with Crippen molar-refractivity contribution in [2.24, 2.45) is 5.73 Å². The maximum absolute atomic E-state index is 13.7. The molecule has 0 aliphatic heterocycles. The van der Waals surface area contributed by atoms with Gasteiger partial charge in [-0.15, -0.1) is 0 Å². The first-order valence-corrected chi connectivity index (χ1v) is 6.99. The van der Waals surface area contributed by atoms with Gasteiger partial charge in [0.1, 0.15) is 5.82 Å². The minimum absolute atomic E-state index is 0.0577. The quantitative estimate of drug-likeness (QED) is 0.692. The standard InChI is InChI=1S/C12H18FN3OS/c1-7(3-4-18-2)16-11-5-8(12(15)17)10(14)6-9(11)13/h5-7,16H,3-4,14H2,1-2H3,(H2,15,17). The van der Waals surface area contributed by atoms with Crippen molar-refractivity contribution in [3.63, 3.8) is 0 Å². The predicted molar refractivity (Wildman–Crippen MR) is 75.4 cm³/mol. The van der Waals surface area contributed by atoms with E-state index in [9.17, 15) is 9.18 Å². The average molecular weight is 271 g/mol. The van der Waals surface area contributed by atoms with Gasteiger partial charge in [-0.2, -0.15) is 11.8 Å². The molecule has 0 aliphatic rings. The van der Waals surface area contributed by atoms with Crippen LogP contribution in [-0.4, -0.2) is 24.0 Å². The lowest BCUT2D eigenvalue weighted by molar-refractivity contribution is 0.100. The molecule has 0 spiro atoms. The highest BCUT2D eigenvalue weighted by Crippen LogP contribution is 2.23. The summed E-state index contributed by atoms with van der Waals surface area (Å²) < 4.78 is 13.7. The van der Waals surface area contributed by atoms with Gasteiger partial charge in [0.05, 0.1) is 11.3 Å². The normalized spacial score (nSPS) is 12.2. The molecule has 0 aliphatic carbocycles. The second-order valence-electron chi connectivity index (χ2n) is 4.11. The topological polar surface area (TPSA) is 81.1 Å². The molecule has 1 rings (SSSR count). The lowest BCUT2D eigenvalue weighted by Crippen LogP contribution is -2.19. The van der Waals surface area contributed by atoms with Crippen LogP contribution in [0.2, 0.25) is 0 Å². The van der Waals surface area contributed by atoms with Gasteiger partial charge in [0.25, 0.3) is 5.91 Å². The highest BCUT2D eigenvalue weighted by atomic mass is 32.2. The number of anilines is 2. The van der Waals surface area contributed by atoms with Crippen LogP contribution in [0.15, 0.2) is 12.1 Å². The highest BCUT2D eigenvalue weighted by Gasteiger charge is 2.13. The second-order valence-corrected chi connectivity index (χ2v) is 5.10. The van der Waals surface area contributed by atoms with Crippen LogP contribution in [0.3, 0.4) is 0 Å². The number of benzene rings is 1. The Morgan fingerprint density at radius 1 is 1.56 bits per heavy atom. The Labute approximate surface area is 110 Å². The van der Waals surface area contributed by atoms with Crippen molar-refractivity contribution in [2.45, 2.75) is 19.4 Å². The smallest absolute Gasteiger partial charge is 0.250 e. The third-order valence-corrected chi connectivity index (χ3v) is 3.21. The summed E-state index contributed by atoms with van der Waals surface area (Å²) in [7, 11) is 0. The number of carbonyl (C=O) groups is 1. The zero-order chi connectivity index (χ0) is 13.7. The first-order valence-electron chi connectivity index (χ1n) is 5.60. The highest BCUT2D eigenvalue weighted by molar-refractivity contribution is 7.98. The van der Waals surface area contributed by atoms with E-state index in [1.165, 1.54) is 6.07 Å². The molecule has 1 amide bonds. The van der Waals surface area contributed by atoms with Crippen LogP contribution in [0.25, 0.3) is 0 Å². The predicted octanol–water partition coefficient (Wildman–Crippen LogP) is 2.06. The summed E-state index contributed by atoms with van der Waals surface area (Å²) in [6.45, 7) is 1.95. The molecule has 0 saturated carbocycles. The molecule has 1 unspecified atom stereocenters. The molecule has 0 fully saturated rings. The number of hydrogen-bond donors (Lipinski definition) is 3. The van der Waals surface area contributed by atoms with Crippen LogP contribution in [0.4, 0.5) is 15.8 Å². The summed E-state index contributed by atoms with van der Waals surface area (Å²) in [6.07, 6.45) is 2.92. The zero-order valence-electron chi connectivity index (χ0n) is 10.5. The maximum atomic E-state index is 13.7. The molecule has 1 atom stereocenters. The van der Waals surface area contributed by atoms with Crippen molar-refractivity contribution in [3.8, 4) is 0 Å². The van der Waals surface area contributed by atoms with Crippen LogP contribution in [0.5, 0.6) is 0 Å². The van der Waals surface area contributed by atoms with Gasteiger partial charge in [0.2, 0.25) is 0 Å². The van der Waals surface area contributed by atoms with E-state index in [1.54, 1.807) is 11.8 Å². The molecule has 0 saturated heterocycles. The minimum atomic E-state index is -0.660.